The highest BCUT2D eigenvalue weighted by atomic mass is 35.5. The molecule has 2 aromatic carbocycles. The summed E-state index contributed by atoms with van der Waals surface area (Å²) in [6, 6.07) is 13.3. The Balaban J connectivity index is 0.000000486. The number of halogens is 11. The van der Waals surface area contributed by atoms with E-state index >= 15 is 0 Å². The van der Waals surface area contributed by atoms with Crippen molar-refractivity contribution in [2.45, 2.75) is 37.9 Å². The van der Waals surface area contributed by atoms with Gasteiger partial charge in [-0.1, -0.05) is 29.3 Å². The van der Waals surface area contributed by atoms with Gasteiger partial charge in [-0.25, -0.2) is 14.4 Å². The minimum Gasteiger partial charge on any atom is -0.490 e. The number of nitrogens with zero attached hydrogens (tertiary/aromatic N) is 2. The lowest BCUT2D eigenvalue weighted by Crippen LogP contribution is -2.30. The number of aromatic amines is 1. The molecule has 22 heteroatoms. The molecule has 4 aromatic rings. The number of carboxylic acid groups (broad SMARTS) is 3. The molecule has 0 radical (unpaired) electrons. The maximum atomic E-state index is 10.6. The van der Waals surface area contributed by atoms with Gasteiger partial charge in [-0.05, 0) is 60.9 Å². The van der Waals surface area contributed by atoms with Crippen molar-refractivity contribution in [1.29, 1.82) is 0 Å². The quantitative estimate of drug-likeness (QED) is 0.127. The number of hydrogen-bond donors (Lipinski definition) is 5. The number of carboxylic acids is 3. The van der Waals surface area contributed by atoms with Crippen LogP contribution in [0, 0.1) is 6.92 Å². The molecule has 274 valence electrons. The number of ether oxygens (including phenoxy) is 1. The van der Waals surface area contributed by atoms with Gasteiger partial charge in [0.15, 0.2) is 0 Å². The number of H-pyrrole nitrogens is 1. The number of pyridine rings is 1. The molecule has 0 unspecified atom stereocenters. The first-order chi connectivity index (χ1) is 22.8. The highest BCUT2D eigenvalue weighted by molar-refractivity contribution is 6.34. The first-order valence-electron chi connectivity index (χ1n) is 12.9. The topological polar surface area (TPSA) is 189 Å². The predicted molar refractivity (Wildman–Crippen MR) is 159 cm³/mol. The van der Waals surface area contributed by atoms with E-state index < -0.39 is 36.4 Å². The highest BCUT2D eigenvalue weighted by Gasteiger charge is 2.39. The van der Waals surface area contributed by atoms with E-state index in [0.29, 0.717) is 28.8 Å². The number of benzene rings is 2. The zero-order chi connectivity index (χ0) is 38.6. The number of rotatable bonds is 6. The molecular weight excluding hydrogens is 746 g/mol. The van der Waals surface area contributed by atoms with Crippen molar-refractivity contribution in [3.05, 3.63) is 76.2 Å². The summed E-state index contributed by atoms with van der Waals surface area (Å²) in [5, 5.41) is 30.9. The molecule has 1 atom stereocenters. The molecule has 0 spiro atoms. The van der Waals surface area contributed by atoms with Crippen LogP contribution in [0.1, 0.15) is 11.3 Å². The van der Waals surface area contributed by atoms with Crippen LogP contribution in [0.2, 0.25) is 10.0 Å². The summed E-state index contributed by atoms with van der Waals surface area (Å²) in [5.74, 6) is -7.60. The van der Waals surface area contributed by atoms with Gasteiger partial charge in [0.05, 0.1) is 11.7 Å². The largest absolute Gasteiger partial charge is 0.490 e. The Hall–Kier alpha value is -4.82. The van der Waals surface area contributed by atoms with E-state index in [1.807, 2.05) is 43.5 Å². The maximum Gasteiger partial charge on any atom is 0.490 e. The molecule has 2 aromatic heterocycles. The number of alkyl halides is 9. The van der Waals surface area contributed by atoms with Crippen LogP contribution >= 0.6 is 23.2 Å². The van der Waals surface area contributed by atoms with Gasteiger partial charge < -0.3 is 25.8 Å². The van der Waals surface area contributed by atoms with Gasteiger partial charge >= 0.3 is 36.4 Å². The Morgan fingerprint density at radius 3 is 1.74 bits per heavy atom. The molecule has 0 bridgehead atoms. The Kier molecular flexibility index (Phi) is 15.8. The average molecular weight is 769 g/mol. The number of aryl methyl sites for hydroxylation is 1. The number of nitrogens with one attached hydrogen (secondary N) is 1. The summed E-state index contributed by atoms with van der Waals surface area (Å²) >= 11 is 12.1. The molecule has 0 amide bonds. The highest BCUT2D eigenvalue weighted by Crippen LogP contribution is 2.27. The van der Waals surface area contributed by atoms with Crippen molar-refractivity contribution in [1.82, 2.24) is 15.2 Å². The Labute approximate surface area is 284 Å². The molecule has 0 fully saturated rings. The molecule has 11 nitrogen and oxygen atoms in total. The van der Waals surface area contributed by atoms with E-state index in [2.05, 4.69) is 21.2 Å². The minimum absolute atomic E-state index is 0.196. The number of fused-ring (bicyclic) bond motifs is 1. The zero-order valence-corrected chi connectivity index (χ0v) is 26.3. The number of aliphatic carboxylic acids is 3. The molecule has 0 saturated heterocycles. The third kappa shape index (κ3) is 15.6. The fourth-order valence-electron chi connectivity index (χ4n) is 3.27. The molecule has 0 saturated carbocycles. The second kappa shape index (κ2) is 18.3. The van der Waals surface area contributed by atoms with Crippen LogP contribution in [-0.2, 0) is 20.8 Å². The molecule has 0 aliphatic heterocycles. The van der Waals surface area contributed by atoms with Gasteiger partial charge in [0.25, 0.3) is 0 Å². The number of carbonyl (C=O) groups is 3. The van der Waals surface area contributed by atoms with Crippen LogP contribution in [0.25, 0.3) is 22.0 Å². The van der Waals surface area contributed by atoms with E-state index in [1.54, 1.807) is 12.3 Å². The lowest BCUT2D eigenvalue weighted by atomic mass is 10.0. The maximum absolute atomic E-state index is 10.6. The van der Waals surface area contributed by atoms with Gasteiger partial charge in [0.1, 0.15) is 12.4 Å². The zero-order valence-electron chi connectivity index (χ0n) is 24.8. The van der Waals surface area contributed by atoms with E-state index in [0.717, 1.165) is 33.3 Å². The molecule has 6 N–H and O–H groups in total. The van der Waals surface area contributed by atoms with Crippen LogP contribution in [0.15, 0.2) is 54.9 Å². The second-order valence-corrected chi connectivity index (χ2v) is 10.3. The van der Waals surface area contributed by atoms with Gasteiger partial charge in [-0.15, -0.1) is 0 Å². The minimum atomic E-state index is -5.08. The van der Waals surface area contributed by atoms with Crippen molar-refractivity contribution in [2.24, 2.45) is 5.73 Å². The van der Waals surface area contributed by atoms with Crippen LogP contribution < -0.4 is 10.5 Å². The fraction of sp³-hybridized carbons (Fsp3) is 0.250. The molecule has 4 rings (SSSR count). The van der Waals surface area contributed by atoms with Crippen molar-refractivity contribution in [2.75, 3.05) is 6.61 Å². The van der Waals surface area contributed by atoms with Crippen LogP contribution in [0.5, 0.6) is 5.75 Å². The van der Waals surface area contributed by atoms with Crippen molar-refractivity contribution in [3.8, 4) is 16.9 Å². The standard InChI is InChI=1S/C22H20Cl2N4O.3C2HF3O2/c1-13-21-8-15(2-3-22(21)28-27-13)16-7-20(11-26-10-16)29-12-19(25)6-14-4-17(23)9-18(24)5-14;3*3-2(4,5)1(6)7/h2-5,7-11,19H,6,12,25H2,1H3,(H,27,28);3*(H,6,7)/t19-;;;/m0.../s1. The molecule has 2 heterocycles. The number of hydrogen-bond acceptors (Lipinski definition) is 7. The molecular formula is C28H23Cl2F9N4O7. The molecule has 0 aliphatic rings. The van der Waals surface area contributed by atoms with E-state index in [-0.39, 0.29) is 6.04 Å². The Bertz CT molecular complexity index is 1690. The summed E-state index contributed by atoms with van der Waals surface area (Å²) < 4.78 is 101. The third-order valence-corrected chi connectivity index (χ3v) is 5.84. The van der Waals surface area contributed by atoms with Gasteiger partial charge in [-0.2, -0.15) is 44.6 Å². The average Bonchev–Trinajstić information content (AvgIpc) is 3.35. The SMILES string of the molecule is Cc1[nH]nc2ccc(-c3cncc(OC[C@@H](N)Cc4cc(Cl)cc(Cl)c4)c3)cc12.O=C(O)C(F)(F)F.O=C(O)C(F)(F)F.O=C(O)C(F)(F)F. The van der Waals surface area contributed by atoms with Crippen LogP contribution in [0.3, 0.4) is 0 Å². The molecule has 0 aliphatic carbocycles. The summed E-state index contributed by atoms with van der Waals surface area (Å²) in [5.41, 5.74) is 11.2. The van der Waals surface area contributed by atoms with Crippen molar-refractivity contribution < 1.29 is 74.0 Å². The van der Waals surface area contributed by atoms with Gasteiger partial charge in [0.2, 0.25) is 0 Å². The third-order valence-electron chi connectivity index (χ3n) is 5.40. The lowest BCUT2D eigenvalue weighted by molar-refractivity contribution is -0.193. The summed E-state index contributed by atoms with van der Waals surface area (Å²) in [7, 11) is 0. The van der Waals surface area contributed by atoms with E-state index in [4.69, 9.17) is 63.4 Å². The predicted octanol–water partition coefficient (Wildman–Crippen LogP) is 7.09. The Morgan fingerprint density at radius 1 is 0.800 bits per heavy atom. The normalized spacial score (nSPS) is 11.9. The lowest BCUT2D eigenvalue weighted by Gasteiger charge is -2.14. The monoisotopic (exact) mass is 768 g/mol. The first-order valence-corrected chi connectivity index (χ1v) is 13.7. The van der Waals surface area contributed by atoms with E-state index in [1.165, 1.54) is 0 Å². The van der Waals surface area contributed by atoms with Crippen molar-refractivity contribution in [3.63, 3.8) is 0 Å². The van der Waals surface area contributed by atoms with Crippen molar-refractivity contribution >= 4 is 52.0 Å². The van der Waals surface area contributed by atoms with Crippen LogP contribution in [0.4, 0.5) is 39.5 Å². The van der Waals surface area contributed by atoms with Crippen LogP contribution in [-0.4, -0.2) is 79.6 Å². The molecule has 50 heavy (non-hydrogen) atoms. The summed E-state index contributed by atoms with van der Waals surface area (Å²) in [6.45, 7) is 2.36. The van der Waals surface area contributed by atoms with E-state index in [9.17, 15) is 39.5 Å². The fourth-order valence-corrected chi connectivity index (χ4v) is 3.84. The second-order valence-electron chi connectivity index (χ2n) is 9.45. The first kappa shape index (κ1) is 43.2. The number of aromatic nitrogens is 3. The summed E-state index contributed by atoms with van der Waals surface area (Å²) in [4.78, 5) is 31.0. The van der Waals surface area contributed by atoms with Gasteiger partial charge in [-0.3, -0.25) is 10.1 Å². The summed E-state index contributed by atoms with van der Waals surface area (Å²) in [6.07, 6.45) is -11.1. The smallest absolute Gasteiger partial charge is 0.490 e. The number of nitrogens with two attached hydrogens (primary N) is 1. The van der Waals surface area contributed by atoms with Gasteiger partial charge in [0, 0.05) is 38.9 Å². The Morgan fingerprint density at radius 2 is 1.28 bits per heavy atom.